The number of hydrogen-bond acceptors (Lipinski definition) is 4. The number of methoxy groups -OCH3 is 2. The highest BCUT2D eigenvalue weighted by Crippen LogP contribution is 1.93. The Kier molecular flexibility index (Phi) is 6.32. The van der Waals surface area contributed by atoms with Gasteiger partial charge in [-0.3, -0.25) is 0 Å². The minimum Gasteiger partial charge on any atom is -0.463 e. The van der Waals surface area contributed by atoms with Crippen LogP contribution < -0.4 is 0 Å². The van der Waals surface area contributed by atoms with Crippen molar-refractivity contribution in [1.29, 1.82) is 0 Å². The van der Waals surface area contributed by atoms with Crippen LogP contribution in [0.25, 0.3) is 0 Å². The third-order valence-corrected chi connectivity index (χ3v) is 1.14. The van der Waals surface area contributed by atoms with E-state index in [0.717, 1.165) is 0 Å². The van der Waals surface area contributed by atoms with E-state index in [-0.39, 0.29) is 0 Å². The number of rotatable bonds is 5. The van der Waals surface area contributed by atoms with Gasteiger partial charge in [-0.05, 0) is 13.0 Å². The first-order valence-electron chi connectivity index (χ1n) is 3.65. The molecule has 0 bridgehead atoms. The van der Waals surface area contributed by atoms with E-state index in [1.54, 1.807) is 6.92 Å². The highest BCUT2D eigenvalue weighted by atomic mass is 16.7. The van der Waals surface area contributed by atoms with Crippen LogP contribution >= 0.6 is 0 Å². The van der Waals surface area contributed by atoms with Crippen LogP contribution in [0.5, 0.6) is 0 Å². The van der Waals surface area contributed by atoms with Crippen LogP contribution in [-0.2, 0) is 19.0 Å². The van der Waals surface area contributed by atoms with Gasteiger partial charge in [0.05, 0.1) is 6.61 Å². The summed E-state index contributed by atoms with van der Waals surface area (Å²) in [5.74, 6) is -0.392. The van der Waals surface area contributed by atoms with Crippen LogP contribution in [0.2, 0.25) is 0 Å². The van der Waals surface area contributed by atoms with Crippen LogP contribution in [-0.4, -0.2) is 33.1 Å². The van der Waals surface area contributed by atoms with Crippen molar-refractivity contribution in [3.63, 3.8) is 0 Å². The van der Waals surface area contributed by atoms with Gasteiger partial charge in [0.2, 0.25) is 0 Å². The van der Waals surface area contributed by atoms with Gasteiger partial charge in [-0.2, -0.15) is 0 Å². The number of ether oxygens (including phenoxy) is 3. The van der Waals surface area contributed by atoms with Crippen LogP contribution in [0.3, 0.4) is 0 Å². The Bertz CT molecular complexity index is 149. The van der Waals surface area contributed by atoms with E-state index < -0.39 is 12.3 Å². The summed E-state index contributed by atoms with van der Waals surface area (Å²) in [6.45, 7) is 2.11. The average molecular weight is 174 g/mol. The first kappa shape index (κ1) is 11.1. The summed E-state index contributed by atoms with van der Waals surface area (Å²) in [7, 11) is 2.98. The Hall–Kier alpha value is -0.870. The molecule has 0 aromatic carbocycles. The molecule has 0 unspecified atom stereocenters. The molecular weight excluding hydrogens is 160 g/mol. The van der Waals surface area contributed by atoms with Crippen molar-refractivity contribution in [3.05, 3.63) is 12.2 Å². The quantitative estimate of drug-likeness (QED) is 0.350. The first-order chi connectivity index (χ1) is 5.74. The molecule has 0 saturated carbocycles. The zero-order chi connectivity index (χ0) is 9.40. The Labute approximate surface area is 72.1 Å². The maximum Gasteiger partial charge on any atom is 0.330 e. The van der Waals surface area contributed by atoms with Gasteiger partial charge in [-0.25, -0.2) is 4.79 Å². The summed E-state index contributed by atoms with van der Waals surface area (Å²) >= 11 is 0. The number of esters is 1. The predicted molar refractivity (Wildman–Crippen MR) is 43.6 cm³/mol. The fourth-order valence-corrected chi connectivity index (χ4v) is 0.601. The van der Waals surface area contributed by atoms with Crippen molar-refractivity contribution in [2.24, 2.45) is 0 Å². The first-order valence-corrected chi connectivity index (χ1v) is 3.65. The topological polar surface area (TPSA) is 44.8 Å². The fourth-order valence-electron chi connectivity index (χ4n) is 0.601. The van der Waals surface area contributed by atoms with E-state index >= 15 is 0 Å². The van der Waals surface area contributed by atoms with Crippen molar-refractivity contribution in [3.8, 4) is 0 Å². The Morgan fingerprint density at radius 1 is 1.42 bits per heavy atom. The van der Waals surface area contributed by atoms with E-state index in [9.17, 15) is 4.79 Å². The molecule has 0 aromatic rings. The predicted octanol–water partition coefficient (Wildman–Crippen LogP) is 0.725. The van der Waals surface area contributed by atoms with Gasteiger partial charge in [0.15, 0.2) is 6.29 Å². The molecule has 0 radical (unpaired) electrons. The van der Waals surface area contributed by atoms with Gasteiger partial charge in [0.25, 0.3) is 0 Å². The lowest BCUT2D eigenvalue weighted by Crippen LogP contribution is -2.10. The van der Waals surface area contributed by atoms with E-state index in [2.05, 4.69) is 4.74 Å². The molecule has 0 fully saturated rings. The molecule has 70 valence electrons. The largest absolute Gasteiger partial charge is 0.463 e. The van der Waals surface area contributed by atoms with Crippen LogP contribution in [0.4, 0.5) is 0 Å². The van der Waals surface area contributed by atoms with Crippen molar-refractivity contribution >= 4 is 5.97 Å². The lowest BCUT2D eigenvalue weighted by Gasteiger charge is -2.06. The van der Waals surface area contributed by atoms with Crippen molar-refractivity contribution in [1.82, 2.24) is 0 Å². The van der Waals surface area contributed by atoms with Crippen molar-refractivity contribution in [2.45, 2.75) is 13.2 Å². The molecule has 0 aliphatic carbocycles. The zero-order valence-electron chi connectivity index (χ0n) is 7.57. The fraction of sp³-hybridized carbons (Fsp3) is 0.625. The molecule has 0 N–H and O–H groups in total. The zero-order valence-corrected chi connectivity index (χ0v) is 7.57. The van der Waals surface area contributed by atoms with Gasteiger partial charge < -0.3 is 14.2 Å². The van der Waals surface area contributed by atoms with Gasteiger partial charge in [-0.1, -0.05) is 0 Å². The number of hydrogen-bond donors (Lipinski definition) is 0. The molecule has 12 heavy (non-hydrogen) atoms. The van der Waals surface area contributed by atoms with Gasteiger partial charge in [0.1, 0.15) is 0 Å². The van der Waals surface area contributed by atoms with Gasteiger partial charge in [-0.15, -0.1) is 0 Å². The normalized spacial score (nSPS) is 11.0. The van der Waals surface area contributed by atoms with E-state index in [4.69, 9.17) is 9.47 Å². The summed E-state index contributed by atoms with van der Waals surface area (Å²) in [5, 5.41) is 0. The second-order valence-corrected chi connectivity index (χ2v) is 1.95. The van der Waals surface area contributed by atoms with Gasteiger partial charge in [0, 0.05) is 20.3 Å². The molecule has 4 nitrogen and oxygen atoms in total. The average Bonchev–Trinajstić information content (AvgIpc) is 2.07. The highest BCUT2D eigenvalue weighted by molar-refractivity contribution is 5.81. The standard InChI is InChI=1S/C8H14O4/c1-4-12-7(9)5-6-8(10-2)11-3/h5-6,8H,4H2,1-3H3/b6-5+. The molecule has 4 heteroatoms. The Balaban J connectivity index is 3.78. The minimum atomic E-state index is -0.491. The second-order valence-electron chi connectivity index (χ2n) is 1.95. The number of carbonyl (C=O) groups excluding carboxylic acids is 1. The number of carbonyl (C=O) groups is 1. The molecule has 0 heterocycles. The van der Waals surface area contributed by atoms with E-state index in [1.807, 2.05) is 0 Å². The summed E-state index contributed by atoms with van der Waals surface area (Å²) in [5.41, 5.74) is 0. The van der Waals surface area contributed by atoms with Crippen molar-refractivity contribution in [2.75, 3.05) is 20.8 Å². The third-order valence-electron chi connectivity index (χ3n) is 1.14. The molecule has 0 saturated heterocycles. The lowest BCUT2D eigenvalue weighted by molar-refractivity contribution is -0.137. The van der Waals surface area contributed by atoms with E-state index in [1.165, 1.54) is 26.4 Å². The molecule has 0 rings (SSSR count). The molecule has 0 atom stereocenters. The summed E-state index contributed by atoms with van der Waals surface area (Å²) in [6, 6.07) is 0. The second kappa shape index (κ2) is 6.82. The Morgan fingerprint density at radius 2 is 2.00 bits per heavy atom. The van der Waals surface area contributed by atoms with E-state index in [0.29, 0.717) is 6.61 Å². The minimum absolute atomic E-state index is 0.369. The smallest absolute Gasteiger partial charge is 0.330 e. The lowest BCUT2D eigenvalue weighted by atomic mass is 10.5. The molecular formula is C8H14O4. The van der Waals surface area contributed by atoms with Crippen LogP contribution in [0, 0.1) is 0 Å². The maximum absolute atomic E-state index is 10.8. The molecule has 0 aliphatic heterocycles. The molecule has 0 amide bonds. The molecule has 0 spiro atoms. The van der Waals surface area contributed by atoms with Gasteiger partial charge >= 0.3 is 5.97 Å². The maximum atomic E-state index is 10.8. The highest BCUT2D eigenvalue weighted by Gasteiger charge is 2.00. The van der Waals surface area contributed by atoms with Crippen LogP contribution in [0.15, 0.2) is 12.2 Å². The monoisotopic (exact) mass is 174 g/mol. The van der Waals surface area contributed by atoms with Crippen molar-refractivity contribution < 1.29 is 19.0 Å². The summed E-state index contributed by atoms with van der Waals surface area (Å²) < 4.78 is 14.3. The van der Waals surface area contributed by atoms with Crippen LogP contribution in [0.1, 0.15) is 6.92 Å². The summed E-state index contributed by atoms with van der Waals surface area (Å²) in [4.78, 5) is 10.8. The third kappa shape index (κ3) is 4.87. The summed E-state index contributed by atoms with van der Waals surface area (Å²) in [6.07, 6.45) is 2.27. The SMILES string of the molecule is CCOC(=O)/C=C/C(OC)OC. The molecule has 0 aromatic heterocycles. The molecule has 0 aliphatic rings. The Morgan fingerprint density at radius 3 is 2.42 bits per heavy atom.